The Morgan fingerprint density at radius 3 is 2.33 bits per heavy atom. The molecule has 2 N–H and O–H groups in total. The van der Waals surface area contributed by atoms with Gasteiger partial charge in [0, 0.05) is 35.3 Å². The number of aromatic nitrogens is 1. The average Bonchev–Trinajstić information content (AvgIpc) is 3.34. The number of carbonyl (C=O) groups is 1. The van der Waals surface area contributed by atoms with E-state index in [1.807, 2.05) is 68.4 Å². The van der Waals surface area contributed by atoms with Crippen LogP contribution >= 0.6 is 11.6 Å². The Kier molecular flexibility index (Phi) is 8.13. The number of H-pyrrole nitrogens is 1. The van der Waals surface area contributed by atoms with Gasteiger partial charge in [-0.15, -0.1) is 0 Å². The molecule has 0 saturated carbocycles. The van der Waals surface area contributed by atoms with Gasteiger partial charge >= 0.3 is 5.97 Å². The first-order chi connectivity index (χ1) is 19.3. The Morgan fingerprint density at radius 2 is 1.60 bits per heavy atom. The molecule has 0 bridgehead atoms. The molecule has 204 valence electrons. The number of para-hydroxylation sites is 2. The Balaban J connectivity index is 1.42. The lowest BCUT2D eigenvalue weighted by atomic mass is 9.96. The third-order valence-corrected chi connectivity index (χ3v) is 7.91. The molecular weight excluding hydrogens is 520 g/mol. The number of carboxylic acid groups (broad SMARTS) is 1. The van der Waals surface area contributed by atoms with Gasteiger partial charge in [0.1, 0.15) is 11.4 Å². The quantitative estimate of drug-likeness (QED) is 0.171. The van der Waals surface area contributed by atoms with Gasteiger partial charge in [0.05, 0.1) is 12.1 Å². The van der Waals surface area contributed by atoms with Crippen LogP contribution in [0.4, 0.5) is 5.69 Å². The van der Waals surface area contributed by atoms with Gasteiger partial charge in [-0.25, -0.2) is 4.79 Å². The lowest BCUT2D eigenvalue weighted by Crippen LogP contribution is -2.16. The molecule has 0 saturated heterocycles. The summed E-state index contributed by atoms with van der Waals surface area (Å²) in [6, 6.07) is 28.5. The SMILES string of the molecule is Cc1cc(OCCCc2c(C(=O)O)[nH]c3c(-c4ccccc4CN(C)c4ccccc4)cccc23)cc(C)c1Cl. The fourth-order valence-electron chi connectivity index (χ4n) is 5.32. The van der Waals surface area contributed by atoms with Crippen molar-refractivity contribution in [2.45, 2.75) is 33.2 Å². The van der Waals surface area contributed by atoms with Gasteiger partial charge in [0.2, 0.25) is 0 Å². The second kappa shape index (κ2) is 11.9. The summed E-state index contributed by atoms with van der Waals surface area (Å²) in [4.78, 5) is 17.8. The smallest absolute Gasteiger partial charge is 0.352 e. The number of aromatic amines is 1. The summed E-state index contributed by atoms with van der Waals surface area (Å²) >= 11 is 6.28. The molecule has 0 unspecified atom stereocenters. The summed E-state index contributed by atoms with van der Waals surface area (Å²) in [5, 5.41) is 11.7. The fourth-order valence-corrected chi connectivity index (χ4v) is 5.43. The molecule has 5 nitrogen and oxygen atoms in total. The molecule has 40 heavy (non-hydrogen) atoms. The Morgan fingerprint density at radius 1 is 0.925 bits per heavy atom. The van der Waals surface area contributed by atoms with Crippen molar-refractivity contribution >= 4 is 34.2 Å². The average molecular weight is 553 g/mol. The van der Waals surface area contributed by atoms with Crippen LogP contribution in [0.3, 0.4) is 0 Å². The highest BCUT2D eigenvalue weighted by Gasteiger charge is 2.20. The summed E-state index contributed by atoms with van der Waals surface area (Å²) in [5.74, 6) is -0.185. The maximum absolute atomic E-state index is 12.3. The lowest BCUT2D eigenvalue weighted by Gasteiger charge is -2.21. The van der Waals surface area contributed by atoms with E-state index in [-0.39, 0.29) is 5.69 Å². The Hall–Kier alpha value is -4.22. The lowest BCUT2D eigenvalue weighted by molar-refractivity contribution is 0.0690. The van der Waals surface area contributed by atoms with Crippen LogP contribution in [0.1, 0.15) is 39.2 Å². The van der Waals surface area contributed by atoms with E-state index in [1.54, 1.807) is 0 Å². The molecule has 0 radical (unpaired) electrons. The van der Waals surface area contributed by atoms with Crippen LogP contribution in [0.5, 0.6) is 5.75 Å². The van der Waals surface area contributed by atoms with Crippen molar-refractivity contribution in [1.82, 2.24) is 4.98 Å². The zero-order valence-electron chi connectivity index (χ0n) is 23.0. The van der Waals surface area contributed by atoms with Crippen molar-refractivity contribution in [2.24, 2.45) is 0 Å². The third kappa shape index (κ3) is 5.70. The van der Waals surface area contributed by atoms with Crippen LogP contribution < -0.4 is 9.64 Å². The van der Waals surface area contributed by atoms with Crippen molar-refractivity contribution in [3.05, 3.63) is 118 Å². The monoisotopic (exact) mass is 552 g/mol. The fraction of sp³-hybridized carbons (Fsp3) is 0.206. The number of anilines is 1. The van der Waals surface area contributed by atoms with E-state index in [2.05, 4.69) is 47.3 Å². The maximum atomic E-state index is 12.3. The molecule has 0 aliphatic carbocycles. The van der Waals surface area contributed by atoms with Gasteiger partial charge in [-0.3, -0.25) is 0 Å². The number of aromatic carboxylic acids is 1. The normalized spacial score (nSPS) is 11.1. The molecule has 6 heteroatoms. The largest absolute Gasteiger partial charge is 0.494 e. The molecule has 0 atom stereocenters. The van der Waals surface area contributed by atoms with Crippen LogP contribution in [-0.4, -0.2) is 29.7 Å². The molecule has 1 aromatic heterocycles. The third-order valence-electron chi connectivity index (χ3n) is 7.32. The predicted octanol–water partition coefficient (Wildman–Crippen LogP) is 8.45. The highest BCUT2D eigenvalue weighted by molar-refractivity contribution is 6.32. The number of rotatable bonds is 10. The number of aryl methyl sites for hydroxylation is 3. The van der Waals surface area contributed by atoms with E-state index in [4.69, 9.17) is 16.3 Å². The van der Waals surface area contributed by atoms with E-state index in [0.717, 1.165) is 67.3 Å². The second-order valence-electron chi connectivity index (χ2n) is 10.2. The molecule has 1 heterocycles. The number of ether oxygens (including phenoxy) is 1. The highest BCUT2D eigenvalue weighted by Crippen LogP contribution is 2.35. The van der Waals surface area contributed by atoms with Gasteiger partial charge in [-0.2, -0.15) is 0 Å². The van der Waals surface area contributed by atoms with Gasteiger partial charge < -0.3 is 19.7 Å². The van der Waals surface area contributed by atoms with E-state index in [0.29, 0.717) is 19.4 Å². The molecule has 4 aromatic carbocycles. The standard InChI is InChI=1S/C34H33ClN2O3/c1-22-19-26(20-23(2)31(22)35)40-18-10-17-30-29-16-9-15-28(32(29)36-33(30)34(38)39)27-14-8-7-11-24(27)21-37(3)25-12-5-4-6-13-25/h4-9,11-16,19-20,36H,10,17-18,21H2,1-3H3,(H,38,39). The molecule has 0 aliphatic heterocycles. The van der Waals surface area contributed by atoms with Crippen LogP contribution in [-0.2, 0) is 13.0 Å². The first-order valence-electron chi connectivity index (χ1n) is 13.4. The van der Waals surface area contributed by atoms with E-state index >= 15 is 0 Å². The number of nitrogens with zero attached hydrogens (tertiary/aromatic N) is 1. The van der Waals surface area contributed by atoms with Crippen molar-refractivity contribution in [2.75, 3.05) is 18.6 Å². The summed E-state index contributed by atoms with van der Waals surface area (Å²) in [7, 11) is 2.08. The first-order valence-corrected chi connectivity index (χ1v) is 13.8. The number of fused-ring (bicyclic) bond motifs is 1. The van der Waals surface area contributed by atoms with Crippen LogP contribution in [0.15, 0.2) is 84.9 Å². The van der Waals surface area contributed by atoms with Gasteiger partial charge in [0.15, 0.2) is 0 Å². The number of benzene rings is 4. The number of hydrogen-bond acceptors (Lipinski definition) is 3. The van der Waals surface area contributed by atoms with Gasteiger partial charge in [0.25, 0.3) is 0 Å². The highest BCUT2D eigenvalue weighted by atomic mass is 35.5. The molecule has 5 rings (SSSR count). The topological polar surface area (TPSA) is 65.6 Å². The van der Waals surface area contributed by atoms with E-state index in [1.165, 1.54) is 0 Å². The Bertz CT molecular complexity index is 1640. The zero-order valence-corrected chi connectivity index (χ0v) is 23.8. The summed E-state index contributed by atoms with van der Waals surface area (Å²) in [6.07, 6.45) is 1.26. The minimum Gasteiger partial charge on any atom is -0.494 e. The maximum Gasteiger partial charge on any atom is 0.352 e. The van der Waals surface area contributed by atoms with E-state index in [9.17, 15) is 9.90 Å². The summed E-state index contributed by atoms with van der Waals surface area (Å²) in [6.45, 7) is 5.11. The summed E-state index contributed by atoms with van der Waals surface area (Å²) in [5.41, 5.74) is 8.20. The van der Waals surface area contributed by atoms with Crippen molar-refractivity contribution < 1.29 is 14.6 Å². The first kappa shape index (κ1) is 27.4. The number of halogens is 1. The predicted molar refractivity (Wildman–Crippen MR) is 164 cm³/mol. The van der Waals surface area contributed by atoms with Crippen molar-refractivity contribution in [3.63, 3.8) is 0 Å². The molecule has 0 fully saturated rings. The van der Waals surface area contributed by atoms with Gasteiger partial charge in [-0.1, -0.05) is 72.3 Å². The molecule has 0 amide bonds. The van der Waals surface area contributed by atoms with Crippen LogP contribution in [0, 0.1) is 13.8 Å². The van der Waals surface area contributed by atoms with E-state index < -0.39 is 5.97 Å². The van der Waals surface area contributed by atoms with Crippen molar-refractivity contribution in [1.29, 1.82) is 0 Å². The number of nitrogens with one attached hydrogen (secondary N) is 1. The van der Waals surface area contributed by atoms with Crippen molar-refractivity contribution in [3.8, 4) is 16.9 Å². The zero-order chi connectivity index (χ0) is 28.2. The number of hydrogen-bond donors (Lipinski definition) is 2. The molecule has 0 aliphatic rings. The number of carboxylic acids is 1. The Labute approximate surface area is 240 Å². The second-order valence-corrected chi connectivity index (χ2v) is 10.6. The van der Waals surface area contributed by atoms with Gasteiger partial charge in [-0.05, 0) is 78.8 Å². The molecular formula is C34H33ClN2O3. The molecule has 5 aromatic rings. The minimum absolute atomic E-state index is 0.236. The minimum atomic E-state index is -0.959. The van der Waals surface area contributed by atoms with Crippen LogP contribution in [0.2, 0.25) is 5.02 Å². The summed E-state index contributed by atoms with van der Waals surface area (Å²) < 4.78 is 5.99. The van der Waals surface area contributed by atoms with Crippen LogP contribution in [0.25, 0.3) is 22.0 Å². The molecule has 0 spiro atoms.